The molecule has 1 rings (SSSR count). The van der Waals surface area contributed by atoms with Gasteiger partial charge >= 0.3 is 6.61 Å². The Hall–Kier alpha value is -1.59. The van der Waals surface area contributed by atoms with E-state index in [1.54, 1.807) is 0 Å². The molecule has 0 N–H and O–H groups in total. The molecule has 0 aliphatic rings. The number of halogens is 4. The molecular formula is C9H6F4O2. The van der Waals surface area contributed by atoms with Gasteiger partial charge in [0, 0.05) is 6.07 Å². The van der Waals surface area contributed by atoms with Crippen LogP contribution in [0.1, 0.15) is 17.3 Å². The molecule has 2 nitrogen and oxygen atoms in total. The van der Waals surface area contributed by atoms with Crippen molar-refractivity contribution in [3.63, 3.8) is 0 Å². The summed E-state index contributed by atoms with van der Waals surface area (Å²) in [4.78, 5) is 10.8. The lowest BCUT2D eigenvalue weighted by atomic mass is 10.1. The Morgan fingerprint density at radius 2 is 1.93 bits per heavy atom. The molecule has 1 aromatic carbocycles. The average molecular weight is 222 g/mol. The summed E-state index contributed by atoms with van der Waals surface area (Å²) in [6.45, 7) is -2.29. The summed E-state index contributed by atoms with van der Waals surface area (Å²) in [5.41, 5.74) is -0.620. The highest BCUT2D eigenvalue weighted by molar-refractivity contribution is 5.94. The Morgan fingerprint density at radius 3 is 2.40 bits per heavy atom. The number of hydrogen-bond donors (Lipinski definition) is 0. The maximum Gasteiger partial charge on any atom is 0.387 e. The fourth-order valence-electron chi connectivity index (χ4n) is 1.00. The first-order chi connectivity index (χ1) is 6.91. The zero-order valence-electron chi connectivity index (χ0n) is 7.56. The zero-order valence-corrected chi connectivity index (χ0v) is 7.56. The standard InChI is InChI=1S/C9H6F4O2/c1-4(14)6-2-5(10)3-7(8(6)11)15-9(12)13/h2-3,9H,1H3. The lowest BCUT2D eigenvalue weighted by Crippen LogP contribution is -2.07. The Morgan fingerprint density at radius 1 is 1.33 bits per heavy atom. The Balaban J connectivity index is 3.22. The van der Waals surface area contributed by atoms with Crippen LogP contribution in [0.2, 0.25) is 0 Å². The van der Waals surface area contributed by atoms with Crippen LogP contribution in [0.25, 0.3) is 0 Å². The van der Waals surface area contributed by atoms with Crippen molar-refractivity contribution in [2.45, 2.75) is 13.5 Å². The number of ketones is 1. The number of alkyl halides is 2. The van der Waals surface area contributed by atoms with E-state index < -0.39 is 35.3 Å². The normalized spacial score (nSPS) is 10.5. The van der Waals surface area contributed by atoms with Crippen LogP contribution in [0.15, 0.2) is 12.1 Å². The van der Waals surface area contributed by atoms with Crippen molar-refractivity contribution in [3.05, 3.63) is 29.3 Å². The van der Waals surface area contributed by atoms with Gasteiger partial charge in [-0.25, -0.2) is 8.78 Å². The molecule has 0 bridgehead atoms. The minimum atomic E-state index is -3.28. The Labute approximate surface area is 82.5 Å². The van der Waals surface area contributed by atoms with Crippen molar-refractivity contribution < 1.29 is 27.1 Å². The fraction of sp³-hybridized carbons (Fsp3) is 0.222. The van der Waals surface area contributed by atoms with Gasteiger partial charge in [0.05, 0.1) is 5.56 Å². The van der Waals surface area contributed by atoms with E-state index in [2.05, 4.69) is 4.74 Å². The minimum Gasteiger partial charge on any atom is -0.432 e. The van der Waals surface area contributed by atoms with Crippen LogP contribution in [0.5, 0.6) is 5.75 Å². The van der Waals surface area contributed by atoms with Crippen molar-refractivity contribution in [1.29, 1.82) is 0 Å². The highest BCUT2D eigenvalue weighted by atomic mass is 19.3. The minimum absolute atomic E-state index is 0.452. The monoisotopic (exact) mass is 222 g/mol. The van der Waals surface area contributed by atoms with E-state index in [1.807, 2.05) is 0 Å². The van der Waals surface area contributed by atoms with Crippen molar-refractivity contribution >= 4 is 5.78 Å². The predicted octanol–water partition coefficient (Wildman–Crippen LogP) is 2.77. The van der Waals surface area contributed by atoms with E-state index in [0.717, 1.165) is 6.92 Å². The molecule has 0 radical (unpaired) electrons. The molecule has 1 aromatic rings. The number of rotatable bonds is 3. The summed E-state index contributed by atoms with van der Waals surface area (Å²) in [5, 5.41) is 0. The molecular weight excluding hydrogens is 216 g/mol. The van der Waals surface area contributed by atoms with Crippen LogP contribution in [0, 0.1) is 11.6 Å². The van der Waals surface area contributed by atoms with Gasteiger partial charge in [-0.3, -0.25) is 4.79 Å². The van der Waals surface area contributed by atoms with Crippen LogP contribution < -0.4 is 4.74 Å². The molecule has 0 aliphatic heterocycles. The van der Waals surface area contributed by atoms with Gasteiger partial charge in [-0.15, -0.1) is 0 Å². The topological polar surface area (TPSA) is 26.3 Å². The van der Waals surface area contributed by atoms with Crippen LogP contribution in [-0.2, 0) is 0 Å². The smallest absolute Gasteiger partial charge is 0.387 e. The third kappa shape index (κ3) is 2.68. The van der Waals surface area contributed by atoms with Crippen molar-refractivity contribution in [2.24, 2.45) is 0 Å². The average Bonchev–Trinajstić information content (AvgIpc) is 2.09. The van der Waals surface area contributed by atoms with Gasteiger partial charge in [0.1, 0.15) is 5.82 Å². The first-order valence-corrected chi connectivity index (χ1v) is 3.86. The van der Waals surface area contributed by atoms with E-state index >= 15 is 0 Å². The molecule has 0 saturated heterocycles. The maximum atomic E-state index is 13.2. The van der Waals surface area contributed by atoms with Gasteiger partial charge in [-0.2, -0.15) is 8.78 Å². The number of carbonyl (C=O) groups excluding carboxylic acids is 1. The van der Waals surface area contributed by atoms with Gasteiger partial charge in [0.15, 0.2) is 17.3 Å². The van der Waals surface area contributed by atoms with Crippen LogP contribution in [-0.4, -0.2) is 12.4 Å². The van der Waals surface area contributed by atoms with E-state index in [0.29, 0.717) is 12.1 Å². The van der Waals surface area contributed by atoms with Crippen molar-refractivity contribution in [1.82, 2.24) is 0 Å². The summed E-state index contributed by atoms with van der Waals surface area (Å²) in [6.07, 6.45) is 0. The number of benzene rings is 1. The number of hydrogen-bond acceptors (Lipinski definition) is 2. The van der Waals surface area contributed by atoms with E-state index in [9.17, 15) is 22.4 Å². The summed E-state index contributed by atoms with van der Waals surface area (Å²) in [5.74, 6) is -4.05. The molecule has 82 valence electrons. The van der Waals surface area contributed by atoms with Crippen LogP contribution in [0.3, 0.4) is 0 Å². The second-order valence-corrected chi connectivity index (χ2v) is 2.70. The first kappa shape index (κ1) is 11.5. The van der Waals surface area contributed by atoms with Gasteiger partial charge in [-0.1, -0.05) is 0 Å². The van der Waals surface area contributed by atoms with E-state index in [-0.39, 0.29) is 0 Å². The molecule has 0 atom stereocenters. The van der Waals surface area contributed by atoms with Gasteiger partial charge in [-0.05, 0) is 13.0 Å². The zero-order chi connectivity index (χ0) is 11.6. The molecule has 15 heavy (non-hydrogen) atoms. The molecule has 0 amide bonds. The SMILES string of the molecule is CC(=O)c1cc(F)cc(OC(F)F)c1F. The summed E-state index contributed by atoms with van der Waals surface area (Å²) >= 11 is 0. The molecule has 0 spiro atoms. The third-order valence-corrected chi connectivity index (χ3v) is 1.60. The quantitative estimate of drug-likeness (QED) is 0.580. The highest BCUT2D eigenvalue weighted by Crippen LogP contribution is 2.24. The molecule has 0 unspecified atom stereocenters. The summed E-state index contributed by atoms with van der Waals surface area (Å²) < 4.78 is 53.2. The predicted molar refractivity (Wildman–Crippen MR) is 43.0 cm³/mol. The number of Topliss-reactive ketones (excluding diaryl/α,β-unsaturated/α-hetero) is 1. The van der Waals surface area contributed by atoms with E-state index in [4.69, 9.17) is 0 Å². The summed E-state index contributed by atoms with van der Waals surface area (Å²) in [7, 11) is 0. The lowest BCUT2D eigenvalue weighted by Gasteiger charge is -2.07. The van der Waals surface area contributed by atoms with Gasteiger partial charge in [0.25, 0.3) is 0 Å². The molecule has 0 aromatic heterocycles. The Kier molecular flexibility index (Phi) is 3.28. The maximum absolute atomic E-state index is 13.2. The van der Waals surface area contributed by atoms with Gasteiger partial charge < -0.3 is 4.74 Å². The number of carbonyl (C=O) groups is 1. The molecule has 0 aliphatic carbocycles. The van der Waals surface area contributed by atoms with E-state index in [1.165, 1.54) is 0 Å². The molecule has 6 heteroatoms. The Bertz CT molecular complexity index is 390. The first-order valence-electron chi connectivity index (χ1n) is 3.86. The molecule has 0 saturated carbocycles. The van der Waals surface area contributed by atoms with Crippen LogP contribution in [0.4, 0.5) is 17.6 Å². The third-order valence-electron chi connectivity index (χ3n) is 1.60. The van der Waals surface area contributed by atoms with Crippen molar-refractivity contribution in [2.75, 3.05) is 0 Å². The molecule has 0 heterocycles. The number of ether oxygens (including phenoxy) is 1. The lowest BCUT2D eigenvalue weighted by molar-refractivity contribution is -0.0524. The second-order valence-electron chi connectivity index (χ2n) is 2.70. The van der Waals surface area contributed by atoms with Gasteiger partial charge in [0.2, 0.25) is 0 Å². The highest BCUT2D eigenvalue weighted by Gasteiger charge is 2.17. The largest absolute Gasteiger partial charge is 0.432 e. The van der Waals surface area contributed by atoms with Crippen LogP contribution >= 0.6 is 0 Å². The summed E-state index contributed by atoms with van der Waals surface area (Å²) in [6, 6.07) is 1.07. The van der Waals surface area contributed by atoms with Crippen molar-refractivity contribution in [3.8, 4) is 5.75 Å². The fourth-order valence-corrected chi connectivity index (χ4v) is 1.00. The molecule has 0 fully saturated rings. The second kappa shape index (κ2) is 4.29.